The summed E-state index contributed by atoms with van der Waals surface area (Å²) in [5.41, 5.74) is 8.80. The monoisotopic (exact) mass is 251 g/mol. The molecule has 1 aliphatic rings. The first kappa shape index (κ1) is 11.4. The maximum atomic E-state index is 4.27. The van der Waals surface area contributed by atoms with Crippen LogP contribution in [0.3, 0.4) is 0 Å². The molecule has 1 aromatic heterocycles. The lowest BCUT2D eigenvalue weighted by molar-refractivity contribution is 0.878. The van der Waals surface area contributed by atoms with Crippen molar-refractivity contribution in [1.29, 1.82) is 0 Å². The van der Waals surface area contributed by atoms with E-state index in [0.29, 0.717) is 11.7 Å². The molecule has 0 fully saturated rings. The molecule has 0 aliphatic carbocycles. The van der Waals surface area contributed by atoms with Crippen molar-refractivity contribution in [3.05, 3.63) is 65.5 Å². The van der Waals surface area contributed by atoms with Gasteiger partial charge in [0.2, 0.25) is 0 Å². The standard InChI is InChI=1S/C14H13N5/c1-10-5-7-11(8-6-10)13-16-18-14(19-17-13)12-4-2-3-9-15-12/h2-9H,1H3,(H,16,17)(H,18,19). The highest BCUT2D eigenvalue weighted by atomic mass is 15.5. The highest BCUT2D eigenvalue weighted by molar-refractivity contribution is 6.05. The Morgan fingerprint density at radius 2 is 1.58 bits per heavy atom. The van der Waals surface area contributed by atoms with Crippen LogP contribution in [-0.2, 0) is 0 Å². The number of benzene rings is 1. The van der Waals surface area contributed by atoms with Crippen LogP contribution in [0.15, 0.2) is 58.9 Å². The van der Waals surface area contributed by atoms with Crippen LogP contribution < -0.4 is 10.9 Å². The molecule has 0 atom stereocenters. The van der Waals surface area contributed by atoms with E-state index in [1.165, 1.54) is 5.56 Å². The summed E-state index contributed by atoms with van der Waals surface area (Å²) in [5.74, 6) is 1.30. The van der Waals surface area contributed by atoms with Gasteiger partial charge in [0.1, 0.15) is 5.69 Å². The molecule has 0 amide bonds. The quantitative estimate of drug-likeness (QED) is 0.852. The number of hydrogen-bond acceptors (Lipinski definition) is 5. The number of nitrogens with zero attached hydrogens (tertiary/aromatic N) is 3. The smallest absolute Gasteiger partial charge is 0.192 e. The minimum Gasteiger partial charge on any atom is -0.257 e. The molecule has 0 saturated heterocycles. The van der Waals surface area contributed by atoms with Crippen LogP contribution in [0, 0.1) is 6.92 Å². The zero-order valence-electron chi connectivity index (χ0n) is 10.5. The van der Waals surface area contributed by atoms with Gasteiger partial charge in [-0.15, -0.1) is 0 Å². The van der Waals surface area contributed by atoms with E-state index in [-0.39, 0.29) is 0 Å². The predicted octanol–water partition coefficient (Wildman–Crippen LogP) is 1.61. The van der Waals surface area contributed by atoms with Crippen LogP contribution in [0.4, 0.5) is 0 Å². The lowest BCUT2D eigenvalue weighted by Gasteiger charge is -2.14. The predicted molar refractivity (Wildman–Crippen MR) is 74.8 cm³/mol. The third kappa shape index (κ3) is 2.44. The molecule has 0 saturated carbocycles. The van der Waals surface area contributed by atoms with Gasteiger partial charge in [-0.25, -0.2) is 0 Å². The van der Waals surface area contributed by atoms with E-state index in [9.17, 15) is 0 Å². The Hall–Kier alpha value is -2.69. The molecule has 2 N–H and O–H groups in total. The van der Waals surface area contributed by atoms with Crippen molar-refractivity contribution in [2.45, 2.75) is 6.92 Å². The lowest BCUT2D eigenvalue weighted by atomic mass is 10.1. The van der Waals surface area contributed by atoms with Crippen LogP contribution in [0.5, 0.6) is 0 Å². The molecule has 5 nitrogen and oxygen atoms in total. The fourth-order valence-electron chi connectivity index (χ4n) is 1.73. The molecule has 0 unspecified atom stereocenters. The average molecular weight is 251 g/mol. The molecule has 1 aromatic carbocycles. The molecule has 2 heterocycles. The second-order valence-electron chi connectivity index (χ2n) is 4.23. The molecule has 3 rings (SSSR count). The number of rotatable bonds is 2. The maximum absolute atomic E-state index is 4.27. The Kier molecular flexibility index (Phi) is 2.94. The molecule has 5 heteroatoms. The normalized spacial score (nSPS) is 13.9. The number of nitrogens with one attached hydrogen (secondary N) is 2. The summed E-state index contributed by atoms with van der Waals surface area (Å²) in [6.07, 6.45) is 1.72. The van der Waals surface area contributed by atoms with E-state index in [4.69, 9.17) is 0 Å². The minimum atomic E-state index is 0.608. The summed E-state index contributed by atoms with van der Waals surface area (Å²) in [7, 11) is 0. The van der Waals surface area contributed by atoms with Crippen LogP contribution in [0.1, 0.15) is 16.8 Å². The Morgan fingerprint density at radius 3 is 2.21 bits per heavy atom. The van der Waals surface area contributed by atoms with E-state index in [2.05, 4.69) is 33.0 Å². The van der Waals surface area contributed by atoms with Gasteiger partial charge < -0.3 is 0 Å². The summed E-state index contributed by atoms with van der Waals surface area (Å²) in [6.45, 7) is 2.05. The van der Waals surface area contributed by atoms with Gasteiger partial charge in [0.25, 0.3) is 0 Å². The Balaban J connectivity index is 1.78. The Bertz CT molecular complexity index is 629. The first-order chi connectivity index (χ1) is 9.33. The van der Waals surface area contributed by atoms with Gasteiger partial charge in [-0.2, -0.15) is 10.2 Å². The molecule has 1 aliphatic heterocycles. The van der Waals surface area contributed by atoms with Crippen molar-refractivity contribution in [3.63, 3.8) is 0 Å². The highest BCUT2D eigenvalue weighted by Gasteiger charge is 2.11. The Morgan fingerprint density at radius 1 is 0.842 bits per heavy atom. The van der Waals surface area contributed by atoms with E-state index in [0.717, 1.165) is 11.3 Å². The van der Waals surface area contributed by atoms with Crippen molar-refractivity contribution in [1.82, 2.24) is 15.8 Å². The average Bonchev–Trinajstić information content (AvgIpc) is 2.49. The first-order valence-electron chi connectivity index (χ1n) is 5.99. The molecule has 0 radical (unpaired) electrons. The zero-order valence-corrected chi connectivity index (χ0v) is 10.5. The summed E-state index contributed by atoms with van der Waals surface area (Å²) < 4.78 is 0. The largest absolute Gasteiger partial charge is 0.257 e. The number of aromatic nitrogens is 1. The number of hydrogen-bond donors (Lipinski definition) is 2. The topological polar surface area (TPSA) is 61.7 Å². The molecule has 2 aromatic rings. The second-order valence-corrected chi connectivity index (χ2v) is 4.23. The van der Waals surface area contributed by atoms with Crippen molar-refractivity contribution in [2.75, 3.05) is 0 Å². The Labute approximate surface area is 111 Å². The number of pyridine rings is 1. The molecular formula is C14H13N5. The van der Waals surface area contributed by atoms with E-state index >= 15 is 0 Å². The maximum Gasteiger partial charge on any atom is 0.192 e. The van der Waals surface area contributed by atoms with Crippen LogP contribution >= 0.6 is 0 Å². The molecule has 94 valence electrons. The van der Waals surface area contributed by atoms with Crippen LogP contribution in [-0.4, -0.2) is 16.7 Å². The highest BCUT2D eigenvalue weighted by Crippen LogP contribution is 2.05. The van der Waals surface area contributed by atoms with Gasteiger partial charge in [0.15, 0.2) is 11.7 Å². The van der Waals surface area contributed by atoms with Gasteiger partial charge in [-0.05, 0) is 19.1 Å². The second kappa shape index (κ2) is 4.89. The van der Waals surface area contributed by atoms with Crippen molar-refractivity contribution in [2.24, 2.45) is 10.2 Å². The van der Waals surface area contributed by atoms with Crippen molar-refractivity contribution in [3.8, 4) is 0 Å². The van der Waals surface area contributed by atoms with Gasteiger partial charge in [-0.1, -0.05) is 35.9 Å². The van der Waals surface area contributed by atoms with E-state index in [1.54, 1.807) is 6.20 Å². The number of hydrazone groups is 2. The van der Waals surface area contributed by atoms with Gasteiger partial charge >= 0.3 is 0 Å². The molecular weight excluding hydrogens is 238 g/mol. The summed E-state index contributed by atoms with van der Waals surface area (Å²) in [6, 6.07) is 13.7. The van der Waals surface area contributed by atoms with Crippen LogP contribution in [0.2, 0.25) is 0 Å². The summed E-state index contributed by atoms with van der Waals surface area (Å²) in [4.78, 5) is 4.21. The number of aryl methyl sites for hydroxylation is 1. The van der Waals surface area contributed by atoms with Crippen molar-refractivity contribution < 1.29 is 0 Å². The third-order valence-corrected chi connectivity index (χ3v) is 2.78. The van der Waals surface area contributed by atoms with E-state index < -0.39 is 0 Å². The summed E-state index contributed by atoms with van der Waals surface area (Å²) in [5, 5.41) is 8.51. The zero-order chi connectivity index (χ0) is 13.1. The minimum absolute atomic E-state index is 0.608. The SMILES string of the molecule is Cc1ccc(C2=NNC(c3ccccn3)=NN2)cc1. The summed E-state index contributed by atoms with van der Waals surface area (Å²) >= 11 is 0. The van der Waals surface area contributed by atoms with Gasteiger partial charge in [0.05, 0.1) is 0 Å². The lowest BCUT2D eigenvalue weighted by Crippen LogP contribution is -2.34. The molecule has 19 heavy (non-hydrogen) atoms. The van der Waals surface area contributed by atoms with E-state index in [1.807, 2.05) is 42.5 Å². The van der Waals surface area contributed by atoms with Gasteiger partial charge in [0, 0.05) is 11.8 Å². The number of amidine groups is 2. The van der Waals surface area contributed by atoms with Crippen molar-refractivity contribution >= 4 is 11.7 Å². The molecule has 0 spiro atoms. The first-order valence-corrected chi connectivity index (χ1v) is 5.99. The fraction of sp³-hybridized carbons (Fsp3) is 0.0714. The van der Waals surface area contributed by atoms with Crippen LogP contribution in [0.25, 0.3) is 0 Å². The third-order valence-electron chi connectivity index (χ3n) is 2.78. The molecule has 0 bridgehead atoms. The fourth-order valence-corrected chi connectivity index (χ4v) is 1.73. The van der Waals surface area contributed by atoms with Gasteiger partial charge in [-0.3, -0.25) is 15.8 Å².